The van der Waals surface area contributed by atoms with E-state index in [9.17, 15) is 9.59 Å². The molecule has 1 atom stereocenters. The van der Waals surface area contributed by atoms with Crippen LogP contribution in [0, 0.1) is 13.8 Å². The van der Waals surface area contributed by atoms with E-state index in [1.54, 1.807) is 42.5 Å². The third kappa shape index (κ3) is 3.97. The number of nitrogens with zero attached hydrogens (tertiary/aromatic N) is 2. The molecule has 0 radical (unpaired) electrons. The number of anilines is 1. The van der Waals surface area contributed by atoms with Crippen LogP contribution in [0.15, 0.2) is 29.2 Å². The Bertz CT molecular complexity index is 753. The van der Waals surface area contributed by atoms with E-state index in [4.69, 9.17) is 4.74 Å². The molecule has 0 aliphatic rings. The Morgan fingerprint density at radius 3 is 2.38 bits per heavy atom. The number of nitrogens with one attached hydrogen (secondary N) is 1. The number of hydrogen-bond acceptors (Lipinski definition) is 5. The molecule has 2 rings (SSSR count). The first-order chi connectivity index (χ1) is 11.3. The first-order valence-electron chi connectivity index (χ1n) is 7.49. The Kier molecular flexibility index (Phi) is 5.66. The number of benzene rings is 1. The number of thioether (sulfide) groups is 1. The van der Waals surface area contributed by atoms with Gasteiger partial charge < -0.3 is 10.1 Å². The van der Waals surface area contributed by atoms with Gasteiger partial charge in [-0.1, -0.05) is 0 Å². The fraction of sp³-hybridized carbons (Fsp3) is 0.353. The largest absolute Gasteiger partial charge is 0.449 e. The second-order valence-corrected chi connectivity index (χ2v) is 6.31. The van der Waals surface area contributed by atoms with Crippen LogP contribution in [-0.4, -0.2) is 34.0 Å². The van der Waals surface area contributed by atoms with Crippen LogP contribution in [0.25, 0.3) is 0 Å². The van der Waals surface area contributed by atoms with E-state index in [0.717, 1.165) is 16.3 Å². The molecule has 0 unspecified atom stereocenters. The Labute approximate surface area is 145 Å². The summed E-state index contributed by atoms with van der Waals surface area (Å²) in [7, 11) is 1.81. The van der Waals surface area contributed by atoms with Gasteiger partial charge in [0.1, 0.15) is 0 Å². The number of aryl methyl sites for hydroxylation is 2. The lowest BCUT2D eigenvalue weighted by Gasteiger charge is -2.14. The van der Waals surface area contributed by atoms with Gasteiger partial charge in [-0.05, 0) is 51.3 Å². The monoisotopic (exact) mass is 347 g/mol. The molecule has 1 aromatic carbocycles. The predicted octanol–water partition coefficient (Wildman–Crippen LogP) is 2.94. The summed E-state index contributed by atoms with van der Waals surface area (Å²) in [4.78, 5) is 25.4. The zero-order valence-corrected chi connectivity index (χ0v) is 15.2. The molecule has 24 heavy (non-hydrogen) atoms. The maximum atomic E-state index is 12.3. The van der Waals surface area contributed by atoms with Crippen LogP contribution in [0.4, 0.5) is 5.69 Å². The van der Waals surface area contributed by atoms with Crippen LogP contribution in [-0.2, 0) is 16.6 Å². The Hall–Kier alpha value is -2.28. The molecule has 1 heterocycles. The lowest BCUT2D eigenvalue weighted by Crippen LogP contribution is -2.30. The van der Waals surface area contributed by atoms with E-state index in [0.29, 0.717) is 11.3 Å². The topological polar surface area (TPSA) is 73.2 Å². The summed E-state index contributed by atoms with van der Waals surface area (Å²) in [6.45, 7) is 5.22. The van der Waals surface area contributed by atoms with Gasteiger partial charge in [0.15, 0.2) is 6.10 Å². The maximum Gasteiger partial charge on any atom is 0.338 e. The van der Waals surface area contributed by atoms with Crippen molar-refractivity contribution in [2.24, 2.45) is 7.05 Å². The lowest BCUT2D eigenvalue weighted by atomic mass is 10.2. The van der Waals surface area contributed by atoms with Crippen molar-refractivity contribution in [2.75, 3.05) is 11.6 Å². The van der Waals surface area contributed by atoms with E-state index in [2.05, 4.69) is 10.4 Å². The van der Waals surface area contributed by atoms with Crippen molar-refractivity contribution in [2.45, 2.75) is 31.8 Å². The summed E-state index contributed by atoms with van der Waals surface area (Å²) in [5.41, 5.74) is 2.62. The molecule has 0 fully saturated rings. The van der Waals surface area contributed by atoms with Crippen LogP contribution < -0.4 is 5.32 Å². The van der Waals surface area contributed by atoms with Crippen molar-refractivity contribution in [3.63, 3.8) is 0 Å². The normalized spacial score (nSPS) is 11.9. The standard InChI is InChI=1S/C17H21N3O3S/c1-10-15(11(2)20(4)19-10)18-16(21)12(3)23-17(22)13-6-8-14(24-5)9-7-13/h6-9,12H,1-5H3,(H,18,21)/t12-/m0/s1. The van der Waals surface area contributed by atoms with Crippen LogP contribution >= 0.6 is 11.8 Å². The van der Waals surface area contributed by atoms with Gasteiger partial charge in [-0.2, -0.15) is 5.10 Å². The molecule has 6 nitrogen and oxygen atoms in total. The Balaban J connectivity index is 2.01. The molecule has 0 bridgehead atoms. The number of hydrogen-bond donors (Lipinski definition) is 1. The third-order valence-corrected chi connectivity index (χ3v) is 4.48. The van der Waals surface area contributed by atoms with Crippen LogP contribution in [0.3, 0.4) is 0 Å². The van der Waals surface area contributed by atoms with Gasteiger partial charge >= 0.3 is 5.97 Å². The first-order valence-corrected chi connectivity index (χ1v) is 8.72. The van der Waals surface area contributed by atoms with Crippen molar-refractivity contribution in [1.82, 2.24) is 9.78 Å². The average molecular weight is 347 g/mol. The number of esters is 1. The second-order valence-electron chi connectivity index (χ2n) is 5.43. The zero-order valence-electron chi connectivity index (χ0n) is 14.4. The maximum absolute atomic E-state index is 12.3. The lowest BCUT2D eigenvalue weighted by molar-refractivity contribution is -0.123. The fourth-order valence-corrected chi connectivity index (χ4v) is 2.60. The van der Waals surface area contributed by atoms with Gasteiger partial charge in [-0.15, -0.1) is 11.8 Å². The van der Waals surface area contributed by atoms with Crippen LogP contribution in [0.1, 0.15) is 28.7 Å². The van der Waals surface area contributed by atoms with Gasteiger partial charge in [0.25, 0.3) is 5.91 Å². The van der Waals surface area contributed by atoms with Crippen LogP contribution in [0.2, 0.25) is 0 Å². The van der Waals surface area contributed by atoms with Crippen molar-refractivity contribution < 1.29 is 14.3 Å². The van der Waals surface area contributed by atoms with E-state index < -0.39 is 12.1 Å². The molecule has 128 valence electrons. The summed E-state index contributed by atoms with van der Waals surface area (Å²) in [5, 5.41) is 7.01. The highest BCUT2D eigenvalue weighted by Crippen LogP contribution is 2.19. The number of carbonyl (C=O) groups excluding carboxylic acids is 2. The highest BCUT2D eigenvalue weighted by Gasteiger charge is 2.21. The SMILES string of the molecule is CSc1ccc(C(=O)O[C@@H](C)C(=O)Nc2c(C)nn(C)c2C)cc1. The molecule has 0 spiro atoms. The van der Waals surface area contributed by atoms with Crippen molar-refractivity contribution in [3.05, 3.63) is 41.2 Å². The van der Waals surface area contributed by atoms with Crippen molar-refractivity contribution in [3.8, 4) is 0 Å². The minimum absolute atomic E-state index is 0.386. The van der Waals surface area contributed by atoms with E-state index in [1.165, 1.54) is 0 Å². The molecule has 0 aliphatic carbocycles. The summed E-state index contributed by atoms with van der Waals surface area (Å²) in [6.07, 6.45) is 1.05. The highest BCUT2D eigenvalue weighted by molar-refractivity contribution is 7.98. The average Bonchev–Trinajstić information content (AvgIpc) is 2.81. The molecule has 1 amide bonds. The van der Waals surface area contributed by atoms with Crippen molar-refractivity contribution in [1.29, 1.82) is 0 Å². The van der Waals surface area contributed by atoms with Gasteiger partial charge in [-0.3, -0.25) is 9.48 Å². The van der Waals surface area contributed by atoms with E-state index in [-0.39, 0.29) is 5.91 Å². The molecule has 1 aromatic heterocycles. The summed E-state index contributed by atoms with van der Waals surface area (Å²) < 4.78 is 6.93. The van der Waals surface area contributed by atoms with Gasteiger partial charge in [0, 0.05) is 11.9 Å². The molecule has 2 aromatic rings. The summed E-state index contributed by atoms with van der Waals surface area (Å²) in [5.74, 6) is -0.909. The molecule has 1 N–H and O–H groups in total. The second kappa shape index (κ2) is 7.53. The quantitative estimate of drug-likeness (QED) is 0.665. The zero-order chi connectivity index (χ0) is 17.9. The first kappa shape index (κ1) is 18.1. The molecular formula is C17H21N3O3S. The van der Waals surface area contributed by atoms with Gasteiger partial charge in [0.2, 0.25) is 0 Å². The van der Waals surface area contributed by atoms with Crippen LogP contribution in [0.5, 0.6) is 0 Å². The molecule has 0 saturated heterocycles. The van der Waals surface area contributed by atoms with Crippen molar-refractivity contribution >= 4 is 29.3 Å². The summed E-state index contributed by atoms with van der Waals surface area (Å²) in [6, 6.07) is 7.06. The number of carbonyl (C=O) groups is 2. The number of amides is 1. The number of aromatic nitrogens is 2. The molecule has 0 saturated carbocycles. The fourth-order valence-electron chi connectivity index (χ4n) is 2.19. The smallest absolute Gasteiger partial charge is 0.338 e. The number of rotatable bonds is 5. The van der Waals surface area contributed by atoms with Gasteiger partial charge in [0.05, 0.1) is 22.6 Å². The minimum Gasteiger partial charge on any atom is -0.449 e. The molecule has 0 aliphatic heterocycles. The van der Waals surface area contributed by atoms with Gasteiger partial charge in [-0.25, -0.2) is 4.79 Å². The predicted molar refractivity (Wildman–Crippen MR) is 94.4 cm³/mol. The van der Waals surface area contributed by atoms with E-state index >= 15 is 0 Å². The summed E-state index contributed by atoms with van der Waals surface area (Å²) >= 11 is 1.59. The minimum atomic E-state index is -0.906. The molecule has 7 heteroatoms. The molecular weight excluding hydrogens is 326 g/mol. The number of ether oxygens (including phenoxy) is 1. The third-order valence-electron chi connectivity index (χ3n) is 3.74. The van der Waals surface area contributed by atoms with E-state index in [1.807, 2.05) is 32.2 Å². The Morgan fingerprint density at radius 2 is 1.88 bits per heavy atom. The highest BCUT2D eigenvalue weighted by atomic mass is 32.2. The Morgan fingerprint density at radius 1 is 1.25 bits per heavy atom.